The number of piperidine rings is 1. The minimum absolute atomic E-state index is 0.105. The Morgan fingerprint density at radius 1 is 1.16 bits per heavy atom. The van der Waals surface area contributed by atoms with Crippen LogP contribution in [0.2, 0.25) is 5.02 Å². The van der Waals surface area contributed by atoms with Gasteiger partial charge in [0.25, 0.3) is 0 Å². The molecule has 0 atom stereocenters. The van der Waals surface area contributed by atoms with E-state index < -0.39 is 9.84 Å². The van der Waals surface area contributed by atoms with Crippen LogP contribution in [0.25, 0.3) is 10.9 Å². The summed E-state index contributed by atoms with van der Waals surface area (Å²) in [4.78, 5) is 18.2. The third-order valence-corrected chi connectivity index (χ3v) is 7.66. The van der Waals surface area contributed by atoms with Crippen molar-refractivity contribution in [3.05, 3.63) is 53.7 Å². The highest BCUT2D eigenvalue weighted by atomic mass is 35.5. The molecule has 0 unspecified atom stereocenters. The molecule has 9 heteroatoms. The molecule has 31 heavy (non-hydrogen) atoms. The van der Waals surface area contributed by atoms with E-state index in [-0.39, 0.29) is 21.6 Å². The average Bonchev–Trinajstić information content (AvgIpc) is 2.78. The first-order valence-corrected chi connectivity index (χ1v) is 11.7. The van der Waals surface area contributed by atoms with Crippen molar-refractivity contribution in [1.82, 2.24) is 4.98 Å². The number of nitrogens with zero attached hydrogens (tertiary/aromatic N) is 2. The number of sulfone groups is 1. The van der Waals surface area contributed by atoms with Gasteiger partial charge in [-0.05, 0) is 55.3 Å². The molecule has 0 bridgehead atoms. The maximum atomic E-state index is 13.6. The van der Waals surface area contributed by atoms with E-state index in [0.29, 0.717) is 53.3 Å². The molecule has 0 spiro atoms. The van der Waals surface area contributed by atoms with Crippen molar-refractivity contribution < 1.29 is 17.9 Å². The lowest BCUT2D eigenvalue weighted by atomic mass is 9.95. The van der Waals surface area contributed by atoms with Crippen LogP contribution in [0.4, 0.5) is 5.69 Å². The van der Waals surface area contributed by atoms with Crippen LogP contribution in [0.1, 0.15) is 12.8 Å². The van der Waals surface area contributed by atoms with Gasteiger partial charge in [-0.25, -0.2) is 8.42 Å². The maximum absolute atomic E-state index is 13.6. The van der Waals surface area contributed by atoms with Gasteiger partial charge in [-0.3, -0.25) is 9.78 Å². The SMILES string of the molecule is COc1ccc2ncc(S(=O)(=O)c3ccc(Cl)cc3)c(N3CCC(C(N)=O)CC3)c2c1. The summed E-state index contributed by atoms with van der Waals surface area (Å²) in [6.45, 7) is 1.01. The monoisotopic (exact) mass is 459 g/mol. The Morgan fingerprint density at radius 2 is 1.84 bits per heavy atom. The van der Waals surface area contributed by atoms with E-state index in [1.807, 2.05) is 4.90 Å². The molecule has 2 heterocycles. The fourth-order valence-corrected chi connectivity index (χ4v) is 5.48. The highest BCUT2D eigenvalue weighted by Crippen LogP contribution is 2.39. The predicted octanol–water partition coefficient (Wildman–Crippen LogP) is 3.43. The molecule has 3 aromatic rings. The highest BCUT2D eigenvalue weighted by Gasteiger charge is 2.30. The van der Waals surface area contributed by atoms with Crippen LogP contribution in [0.3, 0.4) is 0 Å². The first-order chi connectivity index (χ1) is 14.8. The van der Waals surface area contributed by atoms with Crippen LogP contribution in [0.5, 0.6) is 5.75 Å². The molecule has 0 aliphatic carbocycles. The van der Waals surface area contributed by atoms with E-state index in [2.05, 4.69) is 4.98 Å². The number of pyridine rings is 1. The minimum atomic E-state index is -3.87. The Morgan fingerprint density at radius 3 is 2.45 bits per heavy atom. The van der Waals surface area contributed by atoms with Gasteiger partial charge in [-0.2, -0.15) is 0 Å². The summed E-state index contributed by atoms with van der Waals surface area (Å²) in [7, 11) is -2.32. The largest absolute Gasteiger partial charge is 0.497 e. The number of carbonyl (C=O) groups excluding carboxylic acids is 1. The highest BCUT2D eigenvalue weighted by molar-refractivity contribution is 7.91. The molecule has 1 fully saturated rings. The van der Waals surface area contributed by atoms with Crippen LogP contribution in [0.15, 0.2) is 58.5 Å². The van der Waals surface area contributed by atoms with Crippen molar-refractivity contribution in [3.63, 3.8) is 0 Å². The zero-order valence-electron chi connectivity index (χ0n) is 16.9. The van der Waals surface area contributed by atoms with Gasteiger partial charge in [0.2, 0.25) is 15.7 Å². The summed E-state index contributed by atoms with van der Waals surface area (Å²) in [5.74, 6) is 0.0636. The number of anilines is 1. The average molecular weight is 460 g/mol. The number of primary amides is 1. The van der Waals surface area contributed by atoms with Gasteiger partial charge in [0, 0.05) is 35.6 Å². The molecule has 0 saturated carbocycles. The summed E-state index contributed by atoms with van der Waals surface area (Å²) in [6.07, 6.45) is 2.52. The van der Waals surface area contributed by atoms with E-state index >= 15 is 0 Å². The molecule has 1 aliphatic rings. The second-order valence-electron chi connectivity index (χ2n) is 7.48. The number of benzene rings is 2. The lowest BCUT2D eigenvalue weighted by Crippen LogP contribution is -2.39. The second-order valence-corrected chi connectivity index (χ2v) is 9.83. The van der Waals surface area contributed by atoms with Gasteiger partial charge in [-0.1, -0.05) is 11.6 Å². The molecule has 0 radical (unpaired) electrons. The number of ether oxygens (including phenoxy) is 1. The molecule has 1 aliphatic heterocycles. The van der Waals surface area contributed by atoms with Gasteiger partial charge in [0.1, 0.15) is 10.6 Å². The van der Waals surface area contributed by atoms with Gasteiger partial charge < -0.3 is 15.4 Å². The van der Waals surface area contributed by atoms with Crippen LogP contribution in [-0.2, 0) is 14.6 Å². The van der Waals surface area contributed by atoms with Crippen molar-refractivity contribution in [1.29, 1.82) is 0 Å². The normalized spacial score (nSPS) is 15.2. The van der Waals surface area contributed by atoms with Crippen LogP contribution in [-0.4, -0.2) is 39.5 Å². The molecule has 1 amide bonds. The molecule has 7 nitrogen and oxygen atoms in total. The number of nitrogens with two attached hydrogens (primary N) is 1. The van der Waals surface area contributed by atoms with Gasteiger partial charge in [0.05, 0.1) is 23.2 Å². The summed E-state index contributed by atoms with van der Waals surface area (Å²) in [5.41, 5.74) is 6.69. The van der Waals surface area contributed by atoms with Crippen molar-refractivity contribution >= 4 is 43.9 Å². The number of aromatic nitrogens is 1. The third kappa shape index (κ3) is 4.05. The number of fused-ring (bicyclic) bond motifs is 1. The predicted molar refractivity (Wildman–Crippen MR) is 119 cm³/mol. The van der Waals surface area contributed by atoms with E-state index in [9.17, 15) is 13.2 Å². The number of carbonyl (C=O) groups is 1. The number of amides is 1. The van der Waals surface area contributed by atoms with Gasteiger partial charge >= 0.3 is 0 Å². The summed E-state index contributed by atoms with van der Waals surface area (Å²) in [5, 5.41) is 1.13. The fraction of sp³-hybridized carbons (Fsp3) is 0.273. The quantitative estimate of drug-likeness (QED) is 0.627. The number of methoxy groups -OCH3 is 1. The van der Waals surface area contributed by atoms with Crippen molar-refractivity contribution in [3.8, 4) is 5.75 Å². The Bertz CT molecular complexity index is 1240. The Kier molecular flexibility index (Phi) is 5.77. The lowest BCUT2D eigenvalue weighted by molar-refractivity contribution is -0.122. The van der Waals surface area contributed by atoms with E-state index in [1.165, 1.54) is 18.3 Å². The Balaban J connectivity index is 1.90. The van der Waals surface area contributed by atoms with Crippen molar-refractivity contribution in [2.75, 3.05) is 25.1 Å². The number of rotatable bonds is 5. The van der Waals surface area contributed by atoms with E-state index in [4.69, 9.17) is 22.1 Å². The van der Waals surface area contributed by atoms with E-state index in [1.54, 1.807) is 37.4 Å². The second kappa shape index (κ2) is 8.36. The Hall–Kier alpha value is -2.84. The van der Waals surface area contributed by atoms with Gasteiger partial charge in [-0.15, -0.1) is 0 Å². The molecule has 1 aromatic heterocycles. The molecule has 2 N–H and O–H groups in total. The zero-order valence-corrected chi connectivity index (χ0v) is 18.5. The summed E-state index contributed by atoms with van der Waals surface area (Å²) in [6, 6.07) is 11.4. The molecule has 162 valence electrons. The van der Waals surface area contributed by atoms with Crippen molar-refractivity contribution in [2.45, 2.75) is 22.6 Å². The third-order valence-electron chi connectivity index (χ3n) is 5.64. The number of hydrogen-bond acceptors (Lipinski definition) is 6. The fourth-order valence-electron chi connectivity index (χ4n) is 3.92. The van der Waals surface area contributed by atoms with E-state index in [0.717, 1.165) is 0 Å². The Labute approximate surface area is 185 Å². The molecule has 1 saturated heterocycles. The first-order valence-electron chi connectivity index (χ1n) is 9.83. The van der Waals surface area contributed by atoms with Crippen molar-refractivity contribution in [2.24, 2.45) is 11.7 Å². The zero-order chi connectivity index (χ0) is 22.2. The minimum Gasteiger partial charge on any atom is -0.497 e. The topological polar surface area (TPSA) is 103 Å². The van der Waals surface area contributed by atoms with Crippen LogP contribution < -0.4 is 15.4 Å². The number of hydrogen-bond donors (Lipinski definition) is 1. The smallest absolute Gasteiger partial charge is 0.220 e. The maximum Gasteiger partial charge on any atom is 0.220 e. The molecular formula is C22H22ClN3O4S. The first kappa shape index (κ1) is 21.4. The molecule has 4 rings (SSSR count). The van der Waals surface area contributed by atoms with Gasteiger partial charge in [0.15, 0.2) is 0 Å². The summed E-state index contributed by atoms with van der Waals surface area (Å²) >= 11 is 5.94. The van der Waals surface area contributed by atoms with Crippen LogP contribution in [0, 0.1) is 5.92 Å². The van der Waals surface area contributed by atoms with Crippen LogP contribution >= 0.6 is 11.6 Å². The number of halogens is 1. The lowest BCUT2D eigenvalue weighted by Gasteiger charge is -2.34. The molecular weight excluding hydrogens is 438 g/mol. The standard InChI is InChI=1S/C22H22ClN3O4S/c1-30-16-4-7-19-18(12-16)21(26-10-8-14(9-11-26)22(24)27)20(13-25-19)31(28,29)17-5-2-15(23)3-6-17/h2-7,12-14H,8-11H2,1H3,(H2,24,27). The molecule has 2 aromatic carbocycles. The summed E-state index contributed by atoms with van der Waals surface area (Å²) < 4.78 is 32.5.